The summed E-state index contributed by atoms with van der Waals surface area (Å²) in [6.45, 7) is 5.45. The van der Waals surface area contributed by atoms with E-state index in [2.05, 4.69) is 51.6 Å². The summed E-state index contributed by atoms with van der Waals surface area (Å²) in [7, 11) is 2.05. The van der Waals surface area contributed by atoms with Gasteiger partial charge in [0.1, 0.15) is 5.82 Å². The van der Waals surface area contributed by atoms with E-state index in [1.54, 1.807) is 12.4 Å². The van der Waals surface area contributed by atoms with Crippen LogP contribution in [0, 0.1) is 12.8 Å². The van der Waals surface area contributed by atoms with Crippen LogP contribution in [0.25, 0.3) is 10.9 Å². The predicted molar refractivity (Wildman–Crippen MR) is 147 cm³/mol. The Bertz CT molecular complexity index is 1240. The summed E-state index contributed by atoms with van der Waals surface area (Å²) in [6, 6.07) is 9.07. The van der Waals surface area contributed by atoms with Gasteiger partial charge >= 0.3 is 0 Å². The third kappa shape index (κ3) is 5.96. The molecule has 0 spiro atoms. The molecule has 2 N–H and O–H groups in total. The molecule has 1 aliphatic heterocycles. The minimum absolute atomic E-state index is 0.0196. The number of carbonyl (C=O) groups is 1. The molecule has 0 radical (unpaired) electrons. The zero-order valence-electron chi connectivity index (χ0n) is 21.7. The average Bonchev–Trinajstić information content (AvgIpc) is 2.89. The number of halogens is 1. The molecule has 2 aromatic heterocycles. The first-order valence-electron chi connectivity index (χ1n) is 13.1. The van der Waals surface area contributed by atoms with Gasteiger partial charge < -0.3 is 20.3 Å². The number of anilines is 2. The van der Waals surface area contributed by atoms with Gasteiger partial charge in [-0.15, -0.1) is 0 Å². The van der Waals surface area contributed by atoms with Gasteiger partial charge in [0.25, 0.3) is 0 Å². The number of pyridine rings is 1. The van der Waals surface area contributed by atoms with E-state index in [1.165, 1.54) is 0 Å². The number of nitrogens with zero attached hydrogens (tertiary/aromatic N) is 4. The van der Waals surface area contributed by atoms with Crippen molar-refractivity contribution in [3.63, 3.8) is 0 Å². The lowest BCUT2D eigenvalue weighted by Gasteiger charge is -2.37. The minimum atomic E-state index is -0.0196. The van der Waals surface area contributed by atoms with Crippen LogP contribution in [0.1, 0.15) is 43.7 Å². The third-order valence-corrected chi connectivity index (χ3v) is 8.26. The summed E-state index contributed by atoms with van der Waals surface area (Å²) in [5.74, 6) is 2.12. The largest absolute Gasteiger partial charge is 0.377 e. The fourth-order valence-electron chi connectivity index (χ4n) is 5.19. The molecule has 1 atom stereocenters. The maximum absolute atomic E-state index is 12.1. The molecular formula is C28H35ClN6O2. The van der Waals surface area contributed by atoms with Crippen molar-refractivity contribution in [1.82, 2.24) is 20.3 Å². The molecular weight excluding hydrogens is 488 g/mol. The number of carbonyl (C=O) groups excluding carboxylic acids is 1. The molecule has 9 heteroatoms. The van der Waals surface area contributed by atoms with Crippen molar-refractivity contribution in [2.75, 3.05) is 30.5 Å². The normalized spacial score (nSPS) is 20.8. The van der Waals surface area contributed by atoms with Gasteiger partial charge in [-0.2, -0.15) is 0 Å². The van der Waals surface area contributed by atoms with Crippen LogP contribution >= 0.6 is 11.6 Å². The monoisotopic (exact) mass is 522 g/mol. The SMILES string of the molecule is Cc1ccc2ccc(NC3CCC([C@@H](C)N(C)c4ncc(CC(=O)NC5COC5)cn4)CC3)nc2c1Cl. The lowest BCUT2D eigenvalue weighted by molar-refractivity contribution is -0.124. The van der Waals surface area contributed by atoms with Crippen LogP contribution in [0.2, 0.25) is 5.02 Å². The molecule has 3 heterocycles. The molecule has 3 aromatic rings. The molecule has 1 saturated carbocycles. The van der Waals surface area contributed by atoms with Crippen LogP contribution in [0.5, 0.6) is 0 Å². The summed E-state index contributed by atoms with van der Waals surface area (Å²) >= 11 is 6.50. The van der Waals surface area contributed by atoms with E-state index in [9.17, 15) is 4.79 Å². The quantitative estimate of drug-likeness (QED) is 0.448. The standard InChI is InChI=1S/C28H35ClN6O2/c1-17-4-5-21-8-11-24(34-27(21)26(17)29)32-22-9-6-20(7-10-22)18(2)35(3)28-30-13-19(14-31-28)12-25(36)33-23-15-37-16-23/h4-5,8,11,13-14,18,20,22-23H,6-7,9-10,12,15-16H2,1-3H3,(H,32,34)(H,33,36)/t18-,20?,22?/m1/s1. The Morgan fingerprint density at radius 1 is 1.11 bits per heavy atom. The second kappa shape index (κ2) is 11.2. The molecule has 0 bridgehead atoms. The summed E-state index contributed by atoms with van der Waals surface area (Å²) < 4.78 is 5.10. The van der Waals surface area contributed by atoms with Crippen LogP contribution in [0.3, 0.4) is 0 Å². The number of fused-ring (bicyclic) bond motifs is 1. The number of nitrogens with one attached hydrogen (secondary N) is 2. The fraction of sp³-hybridized carbons (Fsp3) is 0.500. The topological polar surface area (TPSA) is 92.3 Å². The molecule has 2 fully saturated rings. The molecule has 0 unspecified atom stereocenters. The Labute approximate surface area is 223 Å². The van der Waals surface area contributed by atoms with Crippen LogP contribution < -0.4 is 15.5 Å². The molecule has 1 aliphatic carbocycles. The number of benzene rings is 1. The summed E-state index contributed by atoms with van der Waals surface area (Å²) in [6.07, 6.45) is 8.22. The van der Waals surface area contributed by atoms with Crippen molar-refractivity contribution in [1.29, 1.82) is 0 Å². The molecule has 5 rings (SSSR count). The number of rotatable bonds is 8. The first kappa shape index (κ1) is 25.7. The van der Waals surface area contributed by atoms with Crippen molar-refractivity contribution in [3.8, 4) is 0 Å². The van der Waals surface area contributed by atoms with E-state index in [1.807, 2.05) is 19.1 Å². The van der Waals surface area contributed by atoms with Gasteiger partial charge in [0, 0.05) is 36.9 Å². The Morgan fingerprint density at radius 2 is 1.81 bits per heavy atom. The van der Waals surface area contributed by atoms with E-state index in [0.29, 0.717) is 37.2 Å². The second-order valence-corrected chi connectivity index (χ2v) is 10.8. The maximum atomic E-state index is 12.1. The predicted octanol–water partition coefficient (Wildman–Crippen LogP) is 4.54. The Hall–Kier alpha value is -2.97. The highest BCUT2D eigenvalue weighted by Crippen LogP contribution is 2.32. The third-order valence-electron chi connectivity index (χ3n) is 7.79. The van der Waals surface area contributed by atoms with Crippen molar-refractivity contribution >= 4 is 40.2 Å². The average molecular weight is 523 g/mol. The van der Waals surface area contributed by atoms with Gasteiger partial charge in [-0.05, 0) is 68.7 Å². The summed E-state index contributed by atoms with van der Waals surface area (Å²) in [5.41, 5.74) is 2.71. The van der Waals surface area contributed by atoms with Crippen LogP contribution in [-0.4, -0.2) is 59.2 Å². The highest BCUT2D eigenvalue weighted by molar-refractivity contribution is 6.35. The van der Waals surface area contributed by atoms with Crippen molar-refractivity contribution < 1.29 is 9.53 Å². The van der Waals surface area contributed by atoms with Crippen LogP contribution in [0.15, 0.2) is 36.7 Å². The fourth-order valence-corrected chi connectivity index (χ4v) is 5.41. The maximum Gasteiger partial charge on any atom is 0.225 e. The molecule has 1 amide bonds. The lowest BCUT2D eigenvalue weighted by Crippen LogP contribution is -2.49. The Kier molecular flexibility index (Phi) is 7.76. The smallest absolute Gasteiger partial charge is 0.225 e. The van der Waals surface area contributed by atoms with Gasteiger partial charge in [0.15, 0.2) is 0 Å². The van der Waals surface area contributed by atoms with E-state index in [-0.39, 0.29) is 18.4 Å². The first-order chi connectivity index (χ1) is 17.9. The van der Waals surface area contributed by atoms with Crippen molar-refractivity contribution in [3.05, 3.63) is 52.8 Å². The van der Waals surface area contributed by atoms with Crippen molar-refractivity contribution in [2.24, 2.45) is 5.92 Å². The highest BCUT2D eigenvalue weighted by Gasteiger charge is 2.28. The minimum Gasteiger partial charge on any atom is -0.377 e. The van der Waals surface area contributed by atoms with E-state index in [0.717, 1.165) is 58.6 Å². The Balaban J connectivity index is 1.12. The zero-order chi connectivity index (χ0) is 25.9. The Morgan fingerprint density at radius 3 is 2.49 bits per heavy atom. The zero-order valence-corrected chi connectivity index (χ0v) is 22.5. The second-order valence-electron chi connectivity index (χ2n) is 10.4. The van der Waals surface area contributed by atoms with E-state index < -0.39 is 0 Å². The molecule has 1 saturated heterocycles. The number of hydrogen-bond acceptors (Lipinski definition) is 7. The van der Waals surface area contributed by atoms with Gasteiger partial charge in [-0.3, -0.25) is 4.79 Å². The number of hydrogen-bond donors (Lipinski definition) is 2. The summed E-state index contributed by atoms with van der Waals surface area (Å²) in [4.78, 5) is 28.2. The number of aromatic nitrogens is 3. The van der Waals surface area contributed by atoms with Gasteiger partial charge in [-0.25, -0.2) is 15.0 Å². The van der Waals surface area contributed by atoms with Gasteiger partial charge in [-0.1, -0.05) is 23.7 Å². The lowest BCUT2D eigenvalue weighted by atomic mass is 9.81. The molecule has 37 heavy (non-hydrogen) atoms. The number of amides is 1. The van der Waals surface area contributed by atoms with Crippen LogP contribution in [-0.2, 0) is 16.0 Å². The number of ether oxygens (including phenoxy) is 1. The molecule has 2 aliphatic rings. The summed E-state index contributed by atoms with van der Waals surface area (Å²) in [5, 5.41) is 8.37. The van der Waals surface area contributed by atoms with Gasteiger partial charge in [0.05, 0.1) is 36.2 Å². The molecule has 1 aromatic carbocycles. The molecule has 8 nitrogen and oxygen atoms in total. The molecule has 196 valence electrons. The highest BCUT2D eigenvalue weighted by atomic mass is 35.5. The number of aryl methyl sites for hydroxylation is 1. The first-order valence-corrected chi connectivity index (χ1v) is 13.5. The van der Waals surface area contributed by atoms with E-state index >= 15 is 0 Å². The van der Waals surface area contributed by atoms with Crippen LogP contribution in [0.4, 0.5) is 11.8 Å². The van der Waals surface area contributed by atoms with Gasteiger partial charge in [0.2, 0.25) is 11.9 Å². The van der Waals surface area contributed by atoms with Crippen molar-refractivity contribution in [2.45, 2.75) is 64.1 Å². The van der Waals surface area contributed by atoms with E-state index in [4.69, 9.17) is 21.3 Å².